The second-order valence-electron chi connectivity index (χ2n) is 2.60. The molecule has 2 aromatic rings. The van der Waals surface area contributed by atoms with Gasteiger partial charge in [0.25, 0.3) is 0 Å². The molecule has 4 nitrogen and oxygen atoms in total. The molecule has 0 aliphatic carbocycles. The van der Waals surface area contributed by atoms with E-state index in [9.17, 15) is 0 Å². The van der Waals surface area contributed by atoms with Gasteiger partial charge in [0.15, 0.2) is 0 Å². The summed E-state index contributed by atoms with van der Waals surface area (Å²) in [6, 6.07) is 4.06. The number of aromatic nitrogens is 4. The van der Waals surface area contributed by atoms with Gasteiger partial charge in [-0.1, -0.05) is 0 Å². The Bertz CT molecular complexity index is 274. The molecule has 0 saturated heterocycles. The zero-order valence-corrected chi connectivity index (χ0v) is 6.64. The van der Waals surface area contributed by atoms with Crippen LogP contribution in [-0.2, 0) is 13.0 Å². The van der Waals surface area contributed by atoms with Crippen LogP contribution in [0.25, 0.3) is 0 Å². The molecule has 0 saturated carbocycles. The Morgan fingerprint density at radius 2 is 2.50 bits per heavy atom. The Labute approximate surface area is 70.3 Å². The third-order valence-electron chi connectivity index (χ3n) is 1.74. The summed E-state index contributed by atoms with van der Waals surface area (Å²) < 4.78 is 1.82. The van der Waals surface area contributed by atoms with E-state index in [1.807, 2.05) is 16.9 Å². The lowest BCUT2D eigenvalue weighted by Gasteiger charge is -1.97. The van der Waals surface area contributed by atoms with Gasteiger partial charge in [-0.25, -0.2) is 4.98 Å². The van der Waals surface area contributed by atoms with Gasteiger partial charge in [0.2, 0.25) is 0 Å². The van der Waals surface area contributed by atoms with Crippen molar-refractivity contribution in [2.75, 3.05) is 0 Å². The average molecular weight is 162 g/mol. The molecule has 0 aliphatic rings. The summed E-state index contributed by atoms with van der Waals surface area (Å²) in [6.07, 6.45) is 6.17. The molecule has 2 rings (SSSR count). The highest BCUT2D eigenvalue weighted by Crippen LogP contribution is 1.96. The van der Waals surface area contributed by atoms with Crippen molar-refractivity contribution in [3.63, 3.8) is 0 Å². The smallest absolute Gasteiger partial charge is 0.137 e. The van der Waals surface area contributed by atoms with E-state index < -0.39 is 0 Å². The molecule has 12 heavy (non-hydrogen) atoms. The van der Waals surface area contributed by atoms with Crippen molar-refractivity contribution < 1.29 is 0 Å². The minimum absolute atomic E-state index is 0.876. The molecule has 2 heterocycles. The van der Waals surface area contributed by atoms with E-state index in [2.05, 4.69) is 21.1 Å². The molecule has 0 unspecified atom stereocenters. The summed E-state index contributed by atoms with van der Waals surface area (Å²) in [7, 11) is 0. The first-order valence-electron chi connectivity index (χ1n) is 3.90. The molecule has 62 valence electrons. The molecule has 2 aromatic heterocycles. The monoisotopic (exact) mass is 162 g/mol. The summed E-state index contributed by atoms with van der Waals surface area (Å²) in [5.74, 6) is 0. The van der Waals surface area contributed by atoms with Gasteiger partial charge in [0, 0.05) is 24.9 Å². The second-order valence-corrected chi connectivity index (χ2v) is 2.60. The summed E-state index contributed by atoms with van der Waals surface area (Å²) in [6.45, 7) is 0.876. The highest BCUT2D eigenvalue weighted by Gasteiger charge is 1.93. The molecular formula is C8H10N4. The van der Waals surface area contributed by atoms with Crippen LogP contribution >= 0.6 is 0 Å². The van der Waals surface area contributed by atoms with Crippen LogP contribution in [0.3, 0.4) is 0 Å². The van der Waals surface area contributed by atoms with Crippen LogP contribution < -0.4 is 0 Å². The number of nitrogens with one attached hydrogen (secondary N) is 1. The van der Waals surface area contributed by atoms with Gasteiger partial charge in [-0.2, -0.15) is 5.10 Å². The van der Waals surface area contributed by atoms with E-state index in [1.165, 1.54) is 5.69 Å². The van der Waals surface area contributed by atoms with E-state index in [0.717, 1.165) is 13.0 Å². The maximum absolute atomic E-state index is 4.01. The first-order chi connectivity index (χ1) is 5.95. The fourth-order valence-corrected chi connectivity index (χ4v) is 1.11. The van der Waals surface area contributed by atoms with Crippen LogP contribution in [0.4, 0.5) is 0 Å². The number of H-pyrrole nitrogens is 1. The Balaban J connectivity index is 1.91. The van der Waals surface area contributed by atoms with Crippen molar-refractivity contribution >= 4 is 0 Å². The van der Waals surface area contributed by atoms with E-state index >= 15 is 0 Å². The van der Waals surface area contributed by atoms with Gasteiger partial charge in [-0.05, 0) is 12.1 Å². The van der Waals surface area contributed by atoms with Gasteiger partial charge in [0.05, 0.1) is 0 Å². The van der Waals surface area contributed by atoms with Gasteiger partial charge in [-0.15, -0.1) is 0 Å². The highest BCUT2D eigenvalue weighted by atomic mass is 15.3. The standard InChI is InChI=1S/C8H10N4/c1-2-8(10-4-1)3-5-12-7-9-6-11-12/h1-2,4,6-7,10H,3,5H2. The predicted octanol–water partition coefficient (Wildman–Crippen LogP) is 0.849. The summed E-state index contributed by atoms with van der Waals surface area (Å²) >= 11 is 0. The third kappa shape index (κ3) is 1.53. The van der Waals surface area contributed by atoms with Crippen LogP contribution in [0.5, 0.6) is 0 Å². The zero-order valence-electron chi connectivity index (χ0n) is 6.64. The van der Waals surface area contributed by atoms with Crippen molar-refractivity contribution in [2.45, 2.75) is 13.0 Å². The lowest BCUT2D eigenvalue weighted by molar-refractivity contribution is 0.608. The molecular weight excluding hydrogens is 152 g/mol. The van der Waals surface area contributed by atoms with E-state index in [4.69, 9.17) is 0 Å². The highest BCUT2D eigenvalue weighted by molar-refractivity contribution is 5.03. The average Bonchev–Trinajstić information content (AvgIpc) is 2.74. The van der Waals surface area contributed by atoms with Crippen molar-refractivity contribution in [3.05, 3.63) is 36.7 Å². The Morgan fingerprint density at radius 3 is 3.17 bits per heavy atom. The molecule has 0 radical (unpaired) electrons. The number of nitrogens with zero attached hydrogens (tertiary/aromatic N) is 3. The Hall–Kier alpha value is -1.58. The van der Waals surface area contributed by atoms with Crippen molar-refractivity contribution in [1.29, 1.82) is 0 Å². The van der Waals surface area contributed by atoms with E-state index in [1.54, 1.807) is 12.7 Å². The molecule has 1 N–H and O–H groups in total. The number of hydrogen-bond donors (Lipinski definition) is 1. The SMILES string of the molecule is c1c[nH]c(CCn2cncn2)c1. The number of aromatic amines is 1. The lowest BCUT2D eigenvalue weighted by Crippen LogP contribution is -2.01. The van der Waals surface area contributed by atoms with Crippen LogP contribution in [0.1, 0.15) is 5.69 Å². The van der Waals surface area contributed by atoms with Gasteiger partial charge in [-0.3, -0.25) is 4.68 Å². The molecule has 0 atom stereocenters. The molecule has 0 aromatic carbocycles. The summed E-state index contributed by atoms with van der Waals surface area (Å²) in [5.41, 5.74) is 1.23. The second kappa shape index (κ2) is 3.21. The molecule has 0 amide bonds. The molecule has 4 heteroatoms. The normalized spacial score (nSPS) is 10.3. The van der Waals surface area contributed by atoms with Crippen molar-refractivity contribution in [3.8, 4) is 0 Å². The zero-order chi connectivity index (χ0) is 8.23. The molecule has 0 fully saturated rings. The van der Waals surface area contributed by atoms with Crippen molar-refractivity contribution in [1.82, 2.24) is 19.7 Å². The number of aryl methyl sites for hydroxylation is 2. The molecule has 0 aliphatic heterocycles. The summed E-state index contributed by atoms with van der Waals surface area (Å²) in [5, 5.41) is 4.01. The number of rotatable bonds is 3. The maximum atomic E-state index is 4.01. The largest absolute Gasteiger partial charge is 0.365 e. The Morgan fingerprint density at radius 1 is 1.50 bits per heavy atom. The van der Waals surface area contributed by atoms with Crippen LogP contribution in [-0.4, -0.2) is 19.7 Å². The fraction of sp³-hybridized carbons (Fsp3) is 0.250. The van der Waals surface area contributed by atoms with Crippen LogP contribution in [0.2, 0.25) is 0 Å². The van der Waals surface area contributed by atoms with E-state index in [-0.39, 0.29) is 0 Å². The van der Waals surface area contributed by atoms with Crippen LogP contribution in [0, 0.1) is 0 Å². The van der Waals surface area contributed by atoms with Gasteiger partial charge >= 0.3 is 0 Å². The number of hydrogen-bond acceptors (Lipinski definition) is 2. The van der Waals surface area contributed by atoms with Crippen molar-refractivity contribution in [2.24, 2.45) is 0 Å². The predicted molar refractivity (Wildman–Crippen MR) is 44.5 cm³/mol. The maximum Gasteiger partial charge on any atom is 0.137 e. The fourth-order valence-electron chi connectivity index (χ4n) is 1.11. The quantitative estimate of drug-likeness (QED) is 0.727. The third-order valence-corrected chi connectivity index (χ3v) is 1.74. The van der Waals surface area contributed by atoms with Gasteiger partial charge in [0.1, 0.15) is 12.7 Å². The molecule has 0 spiro atoms. The molecule has 0 bridgehead atoms. The Kier molecular flexibility index (Phi) is 1.90. The van der Waals surface area contributed by atoms with Gasteiger partial charge < -0.3 is 4.98 Å². The lowest BCUT2D eigenvalue weighted by atomic mass is 10.3. The first-order valence-corrected chi connectivity index (χ1v) is 3.90. The minimum atomic E-state index is 0.876. The minimum Gasteiger partial charge on any atom is -0.365 e. The van der Waals surface area contributed by atoms with Crippen LogP contribution in [0.15, 0.2) is 31.0 Å². The summed E-state index contributed by atoms with van der Waals surface area (Å²) in [4.78, 5) is 7.00. The van der Waals surface area contributed by atoms with E-state index in [0.29, 0.717) is 0 Å². The first kappa shape index (κ1) is 7.09. The topological polar surface area (TPSA) is 46.5 Å².